The SMILES string of the molecule is Cc1ccc(NC(=O)CSCc2ccc(C(=O)O)o2)cc1. The highest BCUT2D eigenvalue weighted by molar-refractivity contribution is 7.99. The quantitative estimate of drug-likeness (QED) is 0.857. The van der Waals surface area contributed by atoms with Gasteiger partial charge in [0.1, 0.15) is 5.76 Å². The van der Waals surface area contributed by atoms with Crippen LogP contribution in [0.2, 0.25) is 0 Å². The highest BCUT2D eigenvalue weighted by Crippen LogP contribution is 2.16. The van der Waals surface area contributed by atoms with Gasteiger partial charge >= 0.3 is 5.97 Å². The first kappa shape index (κ1) is 15.2. The van der Waals surface area contributed by atoms with Crippen LogP contribution in [-0.2, 0) is 10.5 Å². The minimum Gasteiger partial charge on any atom is -0.475 e. The maximum absolute atomic E-state index is 11.7. The summed E-state index contributed by atoms with van der Waals surface area (Å²) in [6.07, 6.45) is 0. The van der Waals surface area contributed by atoms with Crippen LogP contribution in [0.15, 0.2) is 40.8 Å². The Morgan fingerprint density at radius 1 is 1.19 bits per heavy atom. The van der Waals surface area contributed by atoms with Gasteiger partial charge in [-0.05, 0) is 31.2 Å². The third-order valence-corrected chi connectivity index (χ3v) is 3.64. The average Bonchev–Trinajstić information content (AvgIpc) is 2.90. The van der Waals surface area contributed by atoms with E-state index in [9.17, 15) is 9.59 Å². The van der Waals surface area contributed by atoms with Gasteiger partial charge in [0.15, 0.2) is 0 Å². The number of thioether (sulfide) groups is 1. The lowest BCUT2D eigenvalue weighted by Gasteiger charge is -2.04. The van der Waals surface area contributed by atoms with E-state index >= 15 is 0 Å². The number of hydrogen-bond donors (Lipinski definition) is 2. The molecule has 0 aliphatic heterocycles. The third kappa shape index (κ3) is 4.68. The Kier molecular flexibility index (Phi) is 5.05. The van der Waals surface area contributed by atoms with Crippen LogP contribution in [0.25, 0.3) is 0 Å². The fourth-order valence-electron chi connectivity index (χ4n) is 1.65. The Morgan fingerprint density at radius 2 is 1.90 bits per heavy atom. The predicted octanol–water partition coefficient (Wildman–Crippen LogP) is 3.16. The summed E-state index contributed by atoms with van der Waals surface area (Å²) in [6, 6.07) is 10.6. The van der Waals surface area contributed by atoms with Crippen LogP contribution in [0, 0.1) is 6.92 Å². The monoisotopic (exact) mass is 305 g/mol. The molecule has 0 fully saturated rings. The molecular weight excluding hydrogens is 290 g/mol. The molecule has 1 aromatic heterocycles. The molecule has 0 saturated heterocycles. The number of aryl methyl sites for hydroxylation is 1. The third-order valence-electron chi connectivity index (χ3n) is 2.69. The number of hydrogen-bond acceptors (Lipinski definition) is 4. The van der Waals surface area contributed by atoms with Gasteiger partial charge in [-0.25, -0.2) is 4.79 Å². The van der Waals surface area contributed by atoms with E-state index in [1.54, 1.807) is 6.07 Å². The van der Waals surface area contributed by atoms with Crippen LogP contribution < -0.4 is 5.32 Å². The van der Waals surface area contributed by atoms with Crippen LogP contribution in [-0.4, -0.2) is 22.7 Å². The fraction of sp³-hybridized carbons (Fsp3) is 0.200. The molecule has 2 rings (SSSR count). The van der Waals surface area contributed by atoms with E-state index in [4.69, 9.17) is 9.52 Å². The van der Waals surface area contributed by atoms with Crippen molar-refractivity contribution in [3.63, 3.8) is 0 Å². The lowest BCUT2D eigenvalue weighted by molar-refractivity contribution is -0.113. The second-order valence-electron chi connectivity index (χ2n) is 4.48. The van der Waals surface area contributed by atoms with E-state index in [-0.39, 0.29) is 17.4 Å². The van der Waals surface area contributed by atoms with Crippen molar-refractivity contribution in [2.24, 2.45) is 0 Å². The second-order valence-corrected chi connectivity index (χ2v) is 5.46. The number of carbonyl (C=O) groups excluding carboxylic acids is 1. The second kappa shape index (κ2) is 6.99. The van der Waals surface area contributed by atoms with Crippen molar-refractivity contribution in [2.45, 2.75) is 12.7 Å². The number of benzene rings is 1. The molecule has 1 aromatic carbocycles. The van der Waals surface area contributed by atoms with E-state index in [0.29, 0.717) is 11.5 Å². The van der Waals surface area contributed by atoms with E-state index in [1.807, 2.05) is 31.2 Å². The molecule has 2 aromatic rings. The number of carboxylic acids is 1. The van der Waals surface area contributed by atoms with Gasteiger partial charge in [0.05, 0.1) is 11.5 Å². The molecule has 0 unspecified atom stereocenters. The molecule has 2 N–H and O–H groups in total. The first-order valence-corrected chi connectivity index (χ1v) is 7.46. The van der Waals surface area contributed by atoms with E-state index < -0.39 is 5.97 Å². The first-order valence-electron chi connectivity index (χ1n) is 6.31. The summed E-state index contributed by atoms with van der Waals surface area (Å²) in [5, 5.41) is 11.5. The van der Waals surface area contributed by atoms with Crippen molar-refractivity contribution in [1.29, 1.82) is 0 Å². The lowest BCUT2D eigenvalue weighted by atomic mass is 10.2. The van der Waals surface area contributed by atoms with Gasteiger partial charge < -0.3 is 14.8 Å². The maximum atomic E-state index is 11.7. The standard InChI is InChI=1S/C15H15NO4S/c1-10-2-4-11(5-3-10)16-14(17)9-21-8-12-6-7-13(20-12)15(18)19/h2-7H,8-9H2,1H3,(H,16,17)(H,18,19). The number of amides is 1. The molecule has 0 radical (unpaired) electrons. The van der Waals surface area contributed by atoms with Gasteiger partial charge in [0, 0.05) is 5.69 Å². The Balaban J connectivity index is 1.76. The summed E-state index contributed by atoms with van der Waals surface area (Å²) in [6.45, 7) is 1.98. The summed E-state index contributed by atoms with van der Waals surface area (Å²) in [5.74, 6) is -0.0153. The minimum atomic E-state index is -1.09. The lowest BCUT2D eigenvalue weighted by Crippen LogP contribution is -2.14. The van der Waals surface area contributed by atoms with E-state index in [1.165, 1.54) is 17.8 Å². The van der Waals surface area contributed by atoms with Crippen molar-refractivity contribution >= 4 is 29.3 Å². The van der Waals surface area contributed by atoms with E-state index in [0.717, 1.165) is 11.3 Å². The summed E-state index contributed by atoms with van der Waals surface area (Å²) in [4.78, 5) is 22.4. The zero-order chi connectivity index (χ0) is 15.2. The highest BCUT2D eigenvalue weighted by Gasteiger charge is 2.09. The van der Waals surface area contributed by atoms with Crippen LogP contribution >= 0.6 is 11.8 Å². The van der Waals surface area contributed by atoms with Gasteiger partial charge in [0.2, 0.25) is 11.7 Å². The molecular formula is C15H15NO4S. The first-order chi connectivity index (χ1) is 10.0. The van der Waals surface area contributed by atoms with Gasteiger partial charge in [0.25, 0.3) is 0 Å². The van der Waals surface area contributed by atoms with Crippen molar-refractivity contribution in [3.8, 4) is 0 Å². The molecule has 0 aliphatic rings. The normalized spacial score (nSPS) is 10.3. The Morgan fingerprint density at radius 3 is 2.52 bits per heavy atom. The molecule has 110 valence electrons. The Hall–Kier alpha value is -2.21. The molecule has 5 nitrogen and oxygen atoms in total. The number of nitrogens with one attached hydrogen (secondary N) is 1. The van der Waals surface area contributed by atoms with Gasteiger partial charge in [-0.1, -0.05) is 17.7 Å². The maximum Gasteiger partial charge on any atom is 0.371 e. The largest absolute Gasteiger partial charge is 0.475 e. The number of furan rings is 1. The molecule has 1 amide bonds. The zero-order valence-corrected chi connectivity index (χ0v) is 12.3. The van der Waals surface area contributed by atoms with Crippen LogP contribution in [0.4, 0.5) is 5.69 Å². The molecule has 21 heavy (non-hydrogen) atoms. The number of rotatable bonds is 6. The Bertz CT molecular complexity index is 633. The average molecular weight is 305 g/mol. The Labute approximate surface area is 126 Å². The van der Waals surface area contributed by atoms with Gasteiger partial charge in [-0.15, -0.1) is 11.8 Å². The van der Waals surface area contributed by atoms with Crippen LogP contribution in [0.3, 0.4) is 0 Å². The molecule has 0 saturated carbocycles. The van der Waals surface area contributed by atoms with Crippen molar-refractivity contribution in [1.82, 2.24) is 0 Å². The molecule has 0 bridgehead atoms. The van der Waals surface area contributed by atoms with Crippen LogP contribution in [0.5, 0.6) is 0 Å². The highest BCUT2D eigenvalue weighted by atomic mass is 32.2. The van der Waals surface area contributed by atoms with Crippen molar-refractivity contribution < 1.29 is 19.1 Å². The molecule has 0 aliphatic carbocycles. The smallest absolute Gasteiger partial charge is 0.371 e. The number of carbonyl (C=O) groups is 2. The molecule has 1 heterocycles. The number of aromatic carboxylic acids is 1. The van der Waals surface area contributed by atoms with Crippen LogP contribution in [0.1, 0.15) is 21.9 Å². The minimum absolute atomic E-state index is 0.0882. The summed E-state index contributed by atoms with van der Waals surface area (Å²) in [7, 11) is 0. The summed E-state index contributed by atoms with van der Waals surface area (Å²) < 4.78 is 5.11. The van der Waals surface area contributed by atoms with E-state index in [2.05, 4.69) is 5.32 Å². The predicted molar refractivity (Wildman–Crippen MR) is 81.6 cm³/mol. The van der Waals surface area contributed by atoms with Gasteiger partial charge in [-0.2, -0.15) is 0 Å². The molecule has 0 spiro atoms. The molecule has 0 atom stereocenters. The van der Waals surface area contributed by atoms with Crippen molar-refractivity contribution in [2.75, 3.05) is 11.1 Å². The van der Waals surface area contributed by atoms with Crippen molar-refractivity contribution in [3.05, 3.63) is 53.5 Å². The van der Waals surface area contributed by atoms with Gasteiger partial charge in [-0.3, -0.25) is 4.79 Å². The summed E-state index contributed by atoms with van der Waals surface area (Å²) >= 11 is 1.36. The fourth-order valence-corrected chi connectivity index (χ4v) is 2.36. The number of anilines is 1. The molecule has 6 heteroatoms. The summed E-state index contributed by atoms with van der Waals surface area (Å²) in [5.41, 5.74) is 1.90. The zero-order valence-electron chi connectivity index (χ0n) is 11.5. The number of carboxylic acid groups (broad SMARTS) is 1. The topological polar surface area (TPSA) is 79.5 Å².